The molecule has 1 saturated heterocycles. The van der Waals surface area contributed by atoms with Crippen LogP contribution in [0.25, 0.3) is 10.8 Å². The molecule has 2 heterocycles. The van der Waals surface area contributed by atoms with Gasteiger partial charge in [-0.25, -0.2) is 14.2 Å². The number of carbonyl (C=O) groups excluding carboxylic acids is 1. The summed E-state index contributed by atoms with van der Waals surface area (Å²) in [6, 6.07) is 6.70. The number of benzene rings is 1. The molecule has 1 fully saturated rings. The van der Waals surface area contributed by atoms with E-state index in [9.17, 15) is 9.18 Å². The minimum absolute atomic E-state index is 0.123. The maximum Gasteiger partial charge on any atom is 0.407 e. The summed E-state index contributed by atoms with van der Waals surface area (Å²) in [4.78, 5) is 18.1. The molecule has 0 saturated carbocycles. The molecule has 1 aromatic heterocycles. The number of piperidine rings is 1. The van der Waals surface area contributed by atoms with E-state index in [2.05, 4.69) is 15.2 Å². The Hall–Kier alpha value is -2.37. The standard InChI is InChI=1S/C17H20FN3O2/c1-2-23-17(22)20-14-6-9-21(10-7-14)16-15-4-3-13(18)11-12(15)5-8-19-16/h3-5,8,11,14H,2,6-7,9-10H2,1H3,(H,20,22). The van der Waals surface area contributed by atoms with Gasteiger partial charge in [0.15, 0.2) is 0 Å². The number of fused-ring (bicyclic) bond motifs is 1. The first kappa shape index (κ1) is 15.5. The van der Waals surface area contributed by atoms with Crippen molar-refractivity contribution in [3.8, 4) is 0 Å². The van der Waals surface area contributed by atoms with Gasteiger partial charge in [0.2, 0.25) is 0 Å². The van der Waals surface area contributed by atoms with Crippen LogP contribution in [0.4, 0.5) is 15.0 Å². The van der Waals surface area contributed by atoms with Crippen molar-refractivity contribution in [2.75, 3.05) is 24.6 Å². The zero-order valence-electron chi connectivity index (χ0n) is 13.1. The number of alkyl carbamates (subject to hydrolysis) is 1. The second kappa shape index (κ2) is 6.81. The summed E-state index contributed by atoms with van der Waals surface area (Å²) in [5.41, 5.74) is 0. The van der Waals surface area contributed by atoms with Gasteiger partial charge in [-0.05, 0) is 49.4 Å². The highest BCUT2D eigenvalue weighted by molar-refractivity contribution is 5.92. The Balaban J connectivity index is 1.69. The number of carbonyl (C=O) groups is 1. The van der Waals surface area contributed by atoms with E-state index in [-0.39, 0.29) is 18.0 Å². The Bertz CT molecular complexity index is 699. The largest absolute Gasteiger partial charge is 0.450 e. The van der Waals surface area contributed by atoms with Crippen LogP contribution in [0.5, 0.6) is 0 Å². The third kappa shape index (κ3) is 3.52. The summed E-state index contributed by atoms with van der Waals surface area (Å²) in [5, 5.41) is 4.68. The van der Waals surface area contributed by atoms with Crippen LogP contribution in [-0.2, 0) is 4.74 Å². The Morgan fingerprint density at radius 1 is 1.39 bits per heavy atom. The molecule has 0 bridgehead atoms. The van der Waals surface area contributed by atoms with E-state index in [1.165, 1.54) is 12.1 Å². The lowest BCUT2D eigenvalue weighted by Gasteiger charge is -2.33. The molecule has 23 heavy (non-hydrogen) atoms. The number of hydrogen-bond acceptors (Lipinski definition) is 4. The molecule has 2 aromatic rings. The molecule has 0 spiro atoms. The van der Waals surface area contributed by atoms with Gasteiger partial charge >= 0.3 is 6.09 Å². The summed E-state index contributed by atoms with van der Waals surface area (Å²) >= 11 is 0. The summed E-state index contributed by atoms with van der Waals surface area (Å²) in [7, 11) is 0. The summed E-state index contributed by atoms with van der Waals surface area (Å²) in [6.45, 7) is 3.75. The van der Waals surface area contributed by atoms with Gasteiger partial charge in [0.1, 0.15) is 11.6 Å². The number of nitrogens with one attached hydrogen (secondary N) is 1. The van der Waals surface area contributed by atoms with E-state index < -0.39 is 0 Å². The third-order valence-corrected chi connectivity index (χ3v) is 4.10. The van der Waals surface area contributed by atoms with Crippen LogP contribution in [0.2, 0.25) is 0 Å². The van der Waals surface area contributed by atoms with Crippen LogP contribution in [-0.4, -0.2) is 36.8 Å². The van der Waals surface area contributed by atoms with E-state index >= 15 is 0 Å². The van der Waals surface area contributed by atoms with Crippen molar-refractivity contribution in [2.45, 2.75) is 25.8 Å². The fourth-order valence-electron chi connectivity index (χ4n) is 2.96. The average Bonchev–Trinajstić information content (AvgIpc) is 2.55. The van der Waals surface area contributed by atoms with Gasteiger partial charge < -0.3 is 15.0 Å². The van der Waals surface area contributed by atoms with Crippen molar-refractivity contribution in [3.05, 3.63) is 36.3 Å². The summed E-state index contributed by atoms with van der Waals surface area (Å²) in [5.74, 6) is 0.629. The van der Waals surface area contributed by atoms with Crippen LogP contribution in [0.1, 0.15) is 19.8 Å². The third-order valence-electron chi connectivity index (χ3n) is 4.10. The van der Waals surface area contributed by atoms with E-state index in [0.717, 1.165) is 42.5 Å². The molecular weight excluding hydrogens is 297 g/mol. The molecule has 0 aliphatic carbocycles. The second-order valence-corrected chi connectivity index (χ2v) is 5.63. The molecule has 5 nitrogen and oxygen atoms in total. The molecule has 1 N–H and O–H groups in total. The molecule has 1 amide bonds. The first-order chi connectivity index (χ1) is 11.2. The number of aromatic nitrogens is 1. The monoisotopic (exact) mass is 317 g/mol. The molecule has 0 radical (unpaired) electrons. The summed E-state index contributed by atoms with van der Waals surface area (Å²) < 4.78 is 18.3. The maximum absolute atomic E-state index is 13.4. The Morgan fingerprint density at radius 2 is 2.17 bits per heavy atom. The normalized spacial score (nSPS) is 15.7. The Morgan fingerprint density at radius 3 is 2.91 bits per heavy atom. The molecule has 122 valence electrons. The molecular formula is C17H20FN3O2. The van der Waals surface area contributed by atoms with Crippen molar-refractivity contribution in [1.29, 1.82) is 0 Å². The van der Waals surface area contributed by atoms with Gasteiger partial charge in [-0.1, -0.05) is 0 Å². The van der Waals surface area contributed by atoms with Crippen molar-refractivity contribution in [1.82, 2.24) is 10.3 Å². The first-order valence-electron chi connectivity index (χ1n) is 7.90. The van der Waals surface area contributed by atoms with Crippen molar-refractivity contribution in [2.24, 2.45) is 0 Å². The predicted molar refractivity (Wildman–Crippen MR) is 87.1 cm³/mol. The van der Waals surface area contributed by atoms with E-state index in [1.54, 1.807) is 19.2 Å². The molecule has 3 rings (SSSR count). The van der Waals surface area contributed by atoms with Gasteiger partial charge in [-0.2, -0.15) is 0 Å². The van der Waals surface area contributed by atoms with Crippen LogP contribution in [0.15, 0.2) is 30.5 Å². The molecule has 1 aliphatic heterocycles. The van der Waals surface area contributed by atoms with E-state index in [1.807, 2.05) is 6.07 Å². The quantitative estimate of drug-likeness (QED) is 0.945. The van der Waals surface area contributed by atoms with Crippen molar-refractivity contribution in [3.63, 3.8) is 0 Å². The van der Waals surface area contributed by atoms with Crippen molar-refractivity contribution >= 4 is 22.7 Å². The van der Waals surface area contributed by atoms with Crippen LogP contribution in [0, 0.1) is 5.82 Å². The predicted octanol–water partition coefficient (Wildman–Crippen LogP) is 3.09. The smallest absolute Gasteiger partial charge is 0.407 e. The second-order valence-electron chi connectivity index (χ2n) is 5.63. The zero-order chi connectivity index (χ0) is 16.2. The van der Waals surface area contributed by atoms with E-state index in [4.69, 9.17) is 4.74 Å². The fourth-order valence-corrected chi connectivity index (χ4v) is 2.96. The average molecular weight is 317 g/mol. The lowest BCUT2D eigenvalue weighted by molar-refractivity contribution is 0.146. The number of nitrogens with zero attached hydrogens (tertiary/aromatic N) is 2. The van der Waals surface area contributed by atoms with Gasteiger partial charge in [0.25, 0.3) is 0 Å². The lowest BCUT2D eigenvalue weighted by atomic mass is 10.0. The topological polar surface area (TPSA) is 54.5 Å². The minimum Gasteiger partial charge on any atom is -0.450 e. The zero-order valence-corrected chi connectivity index (χ0v) is 13.1. The van der Waals surface area contributed by atoms with Crippen LogP contribution >= 0.6 is 0 Å². The molecule has 0 unspecified atom stereocenters. The van der Waals surface area contributed by atoms with E-state index in [0.29, 0.717) is 6.61 Å². The molecule has 0 atom stereocenters. The minimum atomic E-state index is -0.357. The highest BCUT2D eigenvalue weighted by Crippen LogP contribution is 2.27. The fraction of sp³-hybridized carbons (Fsp3) is 0.412. The molecule has 1 aliphatic rings. The Labute approximate surface area is 134 Å². The lowest BCUT2D eigenvalue weighted by Crippen LogP contribution is -2.45. The van der Waals surface area contributed by atoms with Gasteiger partial charge in [0.05, 0.1) is 6.61 Å². The van der Waals surface area contributed by atoms with Gasteiger partial charge in [-0.15, -0.1) is 0 Å². The number of ether oxygens (including phenoxy) is 1. The number of anilines is 1. The SMILES string of the molecule is CCOC(=O)NC1CCN(c2nccc3cc(F)ccc23)CC1. The maximum atomic E-state index is 13.4. The first-order valence-corrected chi connectivity index (χ1v) is 7.90. The van der Waals surface area contributed by atoms with Gasteiger partial charge in [0, 0.05) is 30.7 Å². The number of halogens is 1. The summed E-state index contributed by atoms with van der Waals surface area (Å²) in [6.07, 6.45) is 3.01. The molecule has 6 heteroatoms. The number of pyridine rings is 1. The van der Waals surface area contributed by atoms with Crippen LogP contribution < -0.4 is 10.2 Å². The van der Waals surface area contributed by atoms with Gasteiger partial charge in [-0.3, -0.25) is 0 Å². The highest BCUT2D eigenvalue weighted by atomic mass is 19.1. The Kier molecular flexibility index (Phi) is 4.60. The molecule has 1 aromatic carbocycles. The number of amides is 1. The number of hydrogen-bond donors (Lipinski definition) is 1. The van der Waals surface area contributed by atoms with Crippen molar-refractivity contribution < 1.29 is 13.9 Å². The van der Waals surface area contributed by atoms with Crippen LogP contribution in [0.3, 0.4) is 0 Å². The number of rotatable bonds is 3. The highest BCUT2D eigenvalue weighted by Gasteiger charge is 2.23.